The van der Waals surface area contributed by atoms with E-state index >= 15 is 0 Å². The molecular weight excluding hydrogens is 404 g/mol. The van der Waals surface area contributed by atoms with E-state index in [-0.39, 0.29) is 52.8 Å². The van der Waals surface area contributed by atoms with Gasteiger partial charge in [0.1, 0.15) is 23.6 Å². The second-order valence-electron chi connectivity index (χ2n) is 5.57. The average Bonchev–Trinajstić information content (AvgIpc) is 2.59. The largest absolute Gasteiger partial charge is 0.508 e. The summed E-state index contributed by atoms with van der Waals surface area (Å²) < 4.78 is 0. The molecule has 2 aromatic rings. The minimum absolute atomic E-state index is 0. The van der Waals surface area contributed by atoms with Crippen LogP contribution in [0.1, 0.15) is 23.2 Å². The number of para-hydroxylation sites is 2. The Labute approximate surface area is 166 Å². The molecule has 0 spiro atoms. The van der Waals surface area contributed by atoms with Crippen molar-refractivity contribution in [2.75, 3.05) is 13.1 Å². The SMILES string of the molecule is O=C(O)C(NCCNC(C(=O)O)c1ccccc1O)c1ccccc1O.[Cu]. The van der Waals surface area contributed by atoms with Crippen molar-refractivity contribution in [3.8, 4) is 11.5 Å². The summed E-state index contributed by atoms with van der Waals surface area (Å²) in [5, 5.41) is 43.8. The fraction of sp³-hybridized carbons (Fsp3) is 0.222. The number of aromatic hydroxyl groups is 2. The van der Waals surface area contributed by atoms with Crippen LogP contribution in [0, 0.1) is 0 Å². The van der Waals surface area contributed by atoms with E-state index in [4.69, 9.17) is 0 Å². The number of carbonyl (C=O) groups is 2. The zero-order chi connectivity index (χ0) is 19.1. The summed E-state index contributed by atoms with van der Waals surface area (Å²) in [5.74, 6) is -2.61. The fourth-order valence-electron chi connectivity index (χ4n) is 2.56. The summed E-state index contributed by atoms with van der Waals surface area (Å²) in [7, 11) is 0. The van der Waals surface area contributed by atoms with Crippen molar-refractivity contribution in [2.45, 2.75) is 12.1 Å². The molecule has 27 heavy (non-hydrogen) atoms. The Bertz CT molecular complexity index is 720. The fourth-order valence-corrected chi connectivity index (χ4v) is 2.56. The Balaban J connectivity index is 0.00000364. The summed E-state index contributed by atoms with van der Waals surface area (Å²) in [6.07, 6.45) is 0. The second kappa shape index (κ2) is 10.5. The summed E-state index contributed by atoms with van der Waals surface area (Å²) in [6, 6.07) is 9.91. The van der Waals surface area contributed by atoms with Gasteiger partial charge in [-0.3, -0.25) is 20.2 Å². The first kappa shape index (κ1) is 22.5. The predicted molar refractivity (Wildman–Crippen MR) is 93.0 cm³/mol. The molecule has 149 valence electrons. The zero-order valence-corrected chi connectivity index (χ0v) is 15.0. The van der Waals surface area contributed by atoms with E-state index in [2.05, 4.69) is 10.6 Å². The molecule has 0 aliphatic carbocycles. The number of nitrogens with one attached hydrogen (secondary N) is 2. The molecule has 2 atom stereocenters. The molecule has 1 radical (unpaired) electrons. The van der Waals surface area contributed by atoms with Gasteiger partial charge in [0.25, 0.3) is 0 Å². The normalized spacial score (nSPS) is 12.6. The van der Waals surface area contributed by atoms with E-state index in [0.29, 0.717) is 0 Å². The number of hydrogen-bond acceptors (Lipinski definition) is 6. The van der Waals surface area contributed by atoms with Crippen molar-refractivity contribution in [1.29, 1.82) is 0 Å². The van der Waals surface area contributed by atoms with Crippen LogP contribution < -0.4 is 10.6 Å². The van der Waals surface area contributed by atoms with Crippen LogP contribution in [-0.4, -0.2) is 45.5 Å². The number of hydrogen-bond donors (Lipinski definition) is 6. The van der Waals surface area contributed by atoms with Gasteiger partial charge in [0.05, 0.1) is 0 Å². The predicted octanol–water partition coefficient (Wildman–Crippen LogP) is 1.23. The quantitative estimate of drug-likeness (QED) is 0.261. The van der Waals surface area contributed by atoms with Gasteiger partial charge in [0.15, 0.2) is 0 Å². The van der Waals surface area contributed by atoms with Crippen molar-refractivity contribution in [1.82, 2.24) is 10.6 Å². The van der Waals surface area contributed by atoms with Crippen molar-refractivity contribution in [3.05, 3.63) is 59.7 Å². The first-order chi connectivity index (χ1) is 12.4. The molecule has 0 fully saturated rings. The Morgan fingerprint density at radius 1 is 0.741 bits per heavy atom. The monoisotopic (exact) mass is 423 g/mol. The van der Waals surface area contributed by atoms with Crippen molar-refractivity contribution in [3.63, 3.8) is 0 Å². The number of phenols is 2. The van der Waals surface area contributed by atoms with Crippen LogP contribution in [0.4, 0.5) is 0 Å². The number of phenolic OH excluding ortho intramolecular Hbond substituents is 2. The number of benzene rings is 2. The minimum atomic E-state index is -1.16. The molecule has 0 saturated heterocycles. The van der Waals surface area contributed by atoms with Crippen molar-refractivity contribution in [2.24, 2.45) is 0 Å². The third kappa shape index (κ3) is 5.97. The van der Waals surface area contributed by atoms with Gasteiger partial charge in [-0.15, -0.1) is 0 Å². The van der Waals surface area contributed by atoms with Gasteiger partial charge < -0.3 is 20.4 Å². The molecule has 8 nitrogen and oxygen atoms in total. The Morgan fingerprint density at radius 3 is 1.37 bits per heavy atom. The first-order valence-corrected chi connectivity index (χ1v) is 7.90. The topological polar surface area (TPSA) is 139 Å². The molecule has 2 rings (SSSR count). The zero-order valence-electron chi connectivity index (χ0n) is 14.1. The van der Waals surface area contributed by atoms with Gasteiger partial charge in [-0.2, -0.15) is 0 Å². The minimum Gasteiger partial charge on any atom is -0.508 e. The summed E-state index contributed by atoms with van der Waals surface area (Å²) in [4.78, 5) is 22.9. The van der Waals surface area contributed by atoms with Crippen LogP contribution >= 0.6 is 0 Å². The number of rotatable bonds is 9. The Morgan fingerprint density at radius 2 is 1.07 bits per heavy atom. The number of carboxylic acids is 2. The number of aliphatic carboxylic acids is 2. The maximum absolute atomic E-state index is 11.4. The third-order valence-electron chi connectivity index (χ3n) is 3.81. The van der Waals surface area contributed by atoms with E-state index in [1.165, 1.54) is 24.3 Å². The maximum atomic E-state index is 11.4. The number of carboxylic acid groups (broad SMARTS) is 2. The van der Waals surface area contributed by atoms with Gasteiger partial charge in [-0.1, -0.05) is 36.4 Å². The molecule has 2 aromatic carbocycles. The molecule has 0 heterocycles. The second-order valence-corrected chi connectivity index (χ2v) is 5.57. The summed E-state index contributed by atoms with van der Waals surface area (Å²) in [5.41, 5.74) is 0.436. The van der Waals surface area contributed by atoms with Gasteiger partial charge in [-0.25, -0.2) is 0 Å². The van der Waals surface area contributed by atoms with Crippen LogP contribution in [0.5, 0.6) is 11.5 Å². The molecule has 0 saturated carbocycles. The van der Waals surface area contributed by atoms with Gasteiger partial charge in [0.2, 0.25) is 0 Å². The molecule has 9 heteroatoms. The van der Waals surface area contributed by atoms with E-state index in [1.54, 1.807) is 24.3 Å². The van der Waals surface area contributed by atoms with Crippen LogP contribution in [0.15, 0.2) is 48.5 Å². The molecule has 6 N–H and O–H groups in total. The van der Waals surface area contributed by atoms with E-state index < -0.39 is 24.0 Å². The van der Waals surface area contributed by atoms with Crippen LogP contribution in [0.25, 0.3) is 0 Å². The van der Waals surface area contributed by atoms with E-state index in [1.807, 2.05) is 0 Å². The standard InChI is InChI=1S/C18H20N2O6.Cu/c21-13-7-3-1-5-11(13)15(17(23)24)19-9-10-20-16(18(25)26)12-6-2-4-8-14(12)22;/h1-8,15-16,19-22H,9-10H2,(H,23,24)(H,25,26);. The average molecular weight is 424 g/mol. The van der Waals surface area contributed by atoms with Crippen LogP contribution in [0.3, 0.4) is 0 Å². The molecule has 0 aromatic heterocycles. The van der Waals surface area contributed by atoms with Crippen LogP contribution in [-0.2, 0) is 26.7 Å². The molecule has 0 bridgehead atoms. The summed E-state index contributed by atoms with van der Waals surface area (Å²) in [6.45, 7) is 0.255. The Kier molecular flexibility index (Phi) is 8.77. The van der Waals surface area contributed by atoms with Crippen molar-refractivity contribution < 1.29 is 47.1 Å². The molecular formula is C18H20CuN2O6. The Hall–Kier alpha value is -2.58. The van der Waals surface area contributed by atoms with Gasteiger partial charge in [0, 0.05) is 41.3 Å². The molecule has 2 unspecified atom stereocenters. The smallest absolute Gasteiger partial charge is 0.325 e. The van der Waals surface area contributed by atoms with Gasteiger partial charge in [-0.05, 0) is 12.1 Å². The third-order valence-corrected chi connectivity index (χ3v) is 3.81. The van der Waals surface area contributed by atoms with Crippen molar-refractivity contribution >= 4 is 11.9 Å². The molecule has 0 aliphatic heterocycles. The maximum Gasteiger partial charge on any atom is 0.325 e. The van der Waals surface area contributed by atoms with Gasteiger partial charge >= 0.3 is 11.9 Å². The summed E-state index contributed by atoms with van der Waals surface area (Å²) >= 11 is 0. The van der Waals surface area contributed by atoms with E-state index in [0.717, 1.165) is 0 Å². The van der Waals surface area contributed by atoms with E-state index in [9.17, 15) is 30.0 Å². The molecule has 0 amide bonds. The first-order valence-electron chi connectivity index (χ1n) is 7.90. The van der Waals surface area contributed by atoms with Crippen LogP contribution in [0.2, 0.25) is 0 Å². The molecule has 0 aliphatic rings.